The predicted octanol–water partition coefficient (Wildman–Crippen LogP) is 2.97. The molecule has 2 rings (SSSR count). The topological polar surface area (TPSA) is 79.8 Å². The van der Waals surface area contributed by atoms with E-state index in [1.807, 2.05) is 19.9 Å². The Morgan fingerprint density at radius 2 is 2.00 bits per heavy atom. The fraction of sp³-hybridized carbons (Fsp3) is 0.333. The van der Waals surface area contributed by atoms with E-state index >= 15 is 0 Å². The summed E-state index contributed by atoms with van der Waals surface area (Å²) in [6, 6.07) is 5.35. The first kappa shape index (κ1) is 16.2. The van der Waals surface area contributed by atoms with Crippen molar-refractivity contribution in [2.24, 2.45) is 0 Å². The third-order valence-corrected chi connectivity index (χ3v) is 3.18. The molecule has 0 aliphatic carbocycles. The number of carbonyl (C=O) groups is 1. The van der Waals surface area contributed by atoms with Gasteiger partial charge in [0.2, 0.25) is 11.9 Å². The van der Waals surface area contributed by atoms with Crippen molar-refractivity contribution in [3.63, 3.8) is 0 Å². The molecular formula is C15H18ClN5O. The third-order valence-electron chi connectivity index (χ3n) is 2.88. The lowest BCUT2D eigenvalue weighted by molar-refractivity contribution is -0.116. The van der Waals surface area contributed by atoms with Crippen LogP contribution in [0.2, 0.25) is 5.15 Å². The zero-order valence-electron chi connectivity index (χ0n) is 12.6. The summed E-state index contributed by atoms with van der Waals surface area (Å²) in [6.45, 7) is 4.47. The Morgan fingerprint density at radius 3 is 2.68 bits per heavy atom. The van der Waals surface area contributed by atoms with Crippen LogP contribution >= 0.6 is 11.6 Å². The van der Waals surface area contributed by atoms with Crippen LogP contribution in [0.1, 0.15) is 24.2 Å². The summed E-state index contributed by atoms with van der Waals surface area (Å²) < 4.78 is 0. The molecule has 0 fully saturated rings. The molecule has 2 heterocycles. The Kier molecular flexibility index (Phi) is 5.66. The van der Waals surface area contributed by atoms with Crippen LogP contribution in [0.3, 0.4) is 0 Å². The van der Waals surface area contributed by atoms with Crippen molar-refractivity contribution in [2.45, 2.75) is 26.7 Å². The lowest BCUT2D eigenvalue weighted by Gasteiger charge is -2.08. The van der Waals surface area contributed by atoms with Gasteiger partial charge in [-0.05, 0) is 38.5 Å². The molecule has 1 amide bonds. The normalized spacial score (nSPS) is 10.3. The predicted molar refractivity (Wildman–Crippen MR) is 87.1 cm³/mol. The first-order chi connectivity index (χ1) is 10.5. The molecule has 0 radical (unpaired) electrons. The molecule has 0 saturated carbocycles. The Bertz CT molecular complexity index is 642. The number of hydrogen-bond acceptors (Lipinski definition) is 5. The maximum absolute atomic E-state index is 11.8. The van der Waals surface area contributed by atoms with Gasteiger partial charge in [0.05, 0.1) is 5.69 Å². The van der Waals surface area contributed by atoms with Crippen LogP contribution in [0, 0.1) is 13.8 Å². The summed E-state index contributed by atoms with van der Waals surface area (Å²) >= 11 is 5.88. The molecule has 0 saturated heterocycles. The van der Waals surface area contributed by atoms with Gasteiger partial charge in [0.15, 0.2) is 5.15 Å². The van der Waals surface area contributed by atoms with Crippen LogP contribution in [0.5, 0.6) is 0 Å². The molecule has 2 aromatic heterocycles. The van der Waals surface area contributed by atoms with E-state index in [4.69, 9.17) is 11.6 Å². The number of nitrogens with zero attached hydrogens (tertiary/aromatic N) is 3. The number of pyridine rings is 1. The molecule has 22 heavy (non-hydrogen) atoms. The molecule has 7 heteroatoms. The molecule has 0 spiro atoms. The monoisotopic (exact) mass is 319 g/mol. The number of carbonyl (C=O) groups excluding carboxylic acids is 1. The zero-order chi connectivity index (χ0) is 15.9. The van der Waals surface area contributed by atoms with Gasteiger partial charge >= 0.3 is 0 Å². The van der Waals surface area contributed by atoms with Crippen LogP contribution in [0.15, 0.2) is 24.4 Å². The maximum Gasteiger partial charge on any atom is 0.224 e. The Morgan fingerprint density at radius 1 is 1.27 bits per heavy atom. The molecule has 6 nitrogen and oxygen atoms in total. The molecule has 2 aromatic rings. The van der Waals surface area contributed by atoms with E-state index in [0.717, 1.165) is 11.4 Å². The van der Waals surface area contributed by atoms with E-state index in [1.54, 1.807) is 18.3 Å². The first-order valence-corrected chi connectivity index (χ1v) is 7.39. The van der Waals surface area contributed by atoms with Gasteiger partial charge < -0.3 is 10.6 Å². The maximum atomic E-state index is 11.8. The molecule has 0 bridgehead atoms. The van der Waals surface area contributed by atoms with E-state index in [2.05, 4.69) is 25.6 Å². The summed E-state index contributed by atoms with van der Waals surface area (Å²) in [7, 11) is 0. The number of rotatable bonds is 6. The fourth-order valence-corrected chi connectivity index (χ4v) is 2.11. The first-order valence-electron chi connectivity index (χ1n) is 7.01. The van der Waals surface area contributed by atoms with E-state index in [-0.39, 0.29) is 11.1 Å². The van der Waals surface area contributed by atoms with Crippen molar-refractivity contribution in [3.05, 3.63) is 40.9 Å². The lowest BCUT2D eigenvalue weighted by Crippen LogP contribution is -2.14. The molecule has 116 valence electrons. The lowest BCUT2D eigenvalue weighted by atomic mass is 10.3. The number of anilines is 2. The van der Waals surface area contributed by atoms with E-state index in [0.29, 0.717) is 31.0 Å². The van der Waals surface area contributed by atoms with E-state index < -0.39 is 0 Å². The van der Waals surface area contributed by atoms with Crippen LogP contribution < -0.4 is 10.6 Å². The molecule has 0 unspecified atom stereocenters. The number of halogens is 1. The van der Waals surface area contributed by atoms with Crippen molar-refractivity contribution in [3.8, 4) is 0 Å². The van der Waals surface area contributed by atoms with Crippen molar-refractivity contribution < 1.29 is 4.79 Å². The summed E-state index contributed by atoms with van der Waals surface area (Å²) in [5, 5.41) is 6.14. The molecule has 0 aliphatic heterocycles. The zero-order valence-corrected chi connectivity index (χ0v) is 13.3. The molecular weight excluding hydrogens is 302 g/mol. The highest BCUT2D eigenvalue weighted by Gasteiger charge is 2.06. The number of aromatic nitrogens is 3. The minimum absolute atomic E-state index is 0.0990. The van der Waals surface area contributed by atoms with Crippen molar-refractivity contribution in [1.29, 1.82) is 0 Å². The van der Waals surface area contributed by atoms with E-state index in [9.17, 15) is 4.79 Å². The average molecular weight is 320 g/mol. The highest BCUT2D eigenvalue weighted by atomic mass is 35.5. The standard InChI is InChI=1S/C15H18ClN5O/c1-10-9-11(2)20-15(19-10)18-8-4-6-13(22)21-12-5-3-7-17-14(12)16/h3,5,7,9H,4,6,8H2,1-2H3,(H,21,22)(H,18,19,20). The van der Waals surface area contributed by atoms with E-state index in [1.165, 1.54) is 0 Å². The molecule has 2 N–H and O–H groups in total. The van der Waals surface area contributed by atoms with Crippen LogP contribution in [-0.2, 0) is 4.79 Å². The molecule has 0 aliphatic rings. The minimum Gasteiger partial charge on any atom is -0.354 e. The number of amides is 1. The van der Waals surface area contributed by atoms with Crippen LogP contribution in [0.25, 0.3) is 0 Å². The van der Waals surface area contributed by atoms with Crippen molar-refractivity contribution >= 4 is 29.1 Å². The summed E-state index contributed by atoms with van der Waals surface area (Å²) in [5.74, 6) is 0.492. The van der Waals surface area contributed by atoms with Crippen LogP contribution in [-0.4, -0.2) is 27.4 Å². The van der Waals surface area contributed by atoms with Gasteiger partial charge in [0, 0.05) is 30.6 Å². The second kappa shape index (κ2) is 7.70. The fourth-order valence-electron chi connectivity index (χ4n) is 1.95. The quantitative estimate of drug-likeness (QED) is 0.632. The van der Waals surface area contributed by atoms with Gasteiger partial charge in [-0.3, -0.25) is 4.79 Å². The van der Waals surface area contributed by atoms with Crippen molar-refractivity contribution in [2.75, 3.05) is 17.2 Å². The second-order valence-electron chi connectivity index (χ2n) is 4.89. The van der Waals surface area contributed by atoms with Gasteiger partial charge in [0.1, 0.15) is 0 Å². The Hall–Kier alpha value is -2.21. The summed E-state index contributed by atoms with van der Waals surface area (Å²) in [4.78, 5) is 24.3. The highest BCUT2D eigenvalue weighted by molar-refractivity contribution is 6.32. The third kappa shape index (κ3) is 4.96. The van der Waals surface area contributed by atoms with Crippen LogP contribution in [0.4, 0.5) is 11.6 Å². The highest BCUT2D eigenvalue weighted by Crippen LogP contribution is 2.17. The van der Waals surface area contributed by atoms with Gasteiger partial charge in [-0.25, -0.2) is 15.0 Å². The van der Waals surface area contributed by atoms with Gasteiger partial charge in [-0.2, -0.15) is 0 Å². The summed E-state index contributed by atoms with van der Waals surface area (Å²) in [6.07, 6.45) is 2.62. The van der Waals surface area contributed by atoms with Gasteiger partial charge in [-0.1, -0.05) is 11.6 Å². The number of hydrogen-bond donors (Lipinski definition) is 2. The largest absolute Gasteiger partial charge is 0.354 e. The second-order valence-corrected chi connectivity index (χ2v) is 5.25. The smallest absolute Gasteiger partial charge is 0.224 e. The molecule has 0 aromatic carbocycles. The Balaban J connectivity index is 1.74. The van der Waals surface area contributed by atoms with Gasteiger partial charge in [0.25, 0.3) is 0 Å². The van der Waals surface area contributed by atoms with Gasteiger partial charge in [-0.15, -0.1) is 0 Å². The minimum atomic E-state index is -0.0990. The van der Waals surface area contributed by atoms with Crippen molar-refractivity contribution in [1.82, 2.24) is 15.0 Å². The Labute approximate surface area is 134 Å². The SMILES string of the molecule is Cc1cc(C)nc(NCCCC(=O)Nc2cccnc2Cl)n1. The number of nitrogens with one attached hydrogen (secondary N) is 2. The molecule has 0 atom stereocenters. The average Bonchev–Trinajstić information content (AvgIpc) is 2.45. The summed E-state index contributed by atoms with van der Waals surface area (Å²) in [5.41, 5.74) is 2.36. The number of aryl methyl sites for hydroxylation is 2.